The van der Waals surface area contributed by atoms with Crippen molar-refractivity contribution < 1.29 is 23.1 Å². The van der Waals surface area contributed by atoms with E-state index in [2.05, 4.69) is 0 Å². The first-order valence-electron chi connectivity index (χ1n) is 13.7. The van der Waals surface area contributed by atoms with E-state index >= 15 is 0 Å². The summed E-state index contributed by atoms with van der Waals surface area (Å²) in [5.41, 5.74) is 3.13. The van der Waals surface area contributed by atoms with Gasteiger partial charge in [0.2, 0.25) is 10.0 Å². The summed E-state index contributed by atoms with van der Waals surface area (Å²) in [6.07, 6.45) is 0. The predicted octanol–water partition coefficient (Wildman–Crippen LogP) is 7.54. The second-order valence-electron chi connectivity index (χ2n) is 9.83. The number of methoxy groups -OCH3 is 1. The lowest BCUT2D eigenvalue weighted by atomic mass is 10.0. The molecule has 0 aliphatic heterocycles. The average Bonchev–Trinajstić information content (AvgIpc) is 3.05. The first-order valence-corrected chi connectivity index (χ1v) is 16.0. The maximum Gasteiger partial charge on any atom is 0.323 e. The Labute approximate surface area is 256 Å². The number of nitrogens with zero attached hydrogens (tertiary/aromatic N) is 1. The smallest absolute Gasteiger partial charge is 0.323 e. The average molecular weight is 610 g/mol. The summed E-state index contributed by atoms with van der Waals surface area (Å²) in [5, 5.41) is 10.0. The Hall–Kier alpha value is -4.37. The quantitative estimate of drug-likeness (QED) is 0.147. The van der Waals surface area contributed by atoms with Crippen LogP contribution in [0.1, 0.15) is 16.4 Å². The molecule has 5 aromatic rings. The Balaban J connectivity index is 1.59. The highest BCUT2D eigenvalue weighted by atomic mass is 32.2. The molecule has 218 valence electrons. The van der Waals surface area contributed by atoms with Gasteiger partial charge in [0.1, 0.15) is 11.8 Å². The third-order valence-electron chi connectivity index (χ3n) is 7.05. The second kappa shape index (κ2) is 13.7. The van der Waals surface area contributed by atoms with E-state index < -0.39 is 27.3 Å². The number of sulfonamides is 1. The van der Waals surface area contributed by atoms with Crippen molar-refractivity contribution in [1.29, 1.82) is 0 Å². The zero-order chi connectivity index (χ0) is 30.2. The molecule has 0 unspecified atom stereocenters. The number of thioether (sulfide) groups is 1. The molecular formula is C35H31NO5S2. The van der Waals surface area contributed by atoms with Crippen LogP contribution < -0.4 is 4.74 Å². The topological polar surface area (TPSA) is 83.9 Å². The Kier molecular flexibility index (Phi) is 9.61. The molecule has 5 rings (SSSR count). The lowest BCUT2D eigenvalue weighted by Crippen LogP contribution is -2.47. The van der Waals surface area contributed by atoms with E-state index in [9.17, 15) is 18.3 Å². The van der Waals surface area contributed by atoms with Gasteiger partial charge >= 0.3 is 5.97 Å². The van der Waals surface area contributed by atoms with Crippen LogP contribution in [0.4, 0.5) is 0 Å². The highest BCUT2D eigenvalue weighted by Crippen LogP contribution is 2.42. The summed E-state index contributed by atoms with van der Waals surface area (Å²) in [5.74, 6) is -0.507. The highest BCUT2D eigenvalue weighted by molar-refractivity contribution is 7.99. The Morgan fingerprint density at radius 3 is 1.79 bits per heavy atom. The molecular weight excluding hydrogens is 579 g/mol. The molecule has 0 aliphatic rings. The molecule has 1 N–H and O–H groups in total. The third-order valence-corrected chi connectivity index (χ3v) is 10.2. The number of benzene rings is 5. The van der Waals surface area contributed by atoms with Crippen LogP contribution in [-0.4, -0.2) is 37.0 Å². The number of ether oxygens (including phenoxy) is 1. The Morgan fingerprint density at radius 2 is 1.26 bits per heavy atom. The second-order valence-corrected chi connectivity index (χ2v) is 12.9. The van der Waals surface area contributed by atoms with Gasteiger partial charge in [-0.05, 0) is 58.7 Å². The standard InChI is InChI=1S/C35H31NO5S2/c1-41-30-21-17-27(18-22-30)28-19-23-32(24-20-28)43(39,40)36(25-26-11-5-2-6-12-26)33(35(37)38)34(29-13-7-3-8-14-29)42-31-15-9-4-10-16-31/h2-24,33-34H,25H2,1H3,(H,37,38)/t33-,34-/m1/s1. The molecule has 8 heteroatoms. The van der Waals surface area contributed by atoms with E-state index in [4.69, 9.17) is 4.74 Å². The number of carbonyl (C=O) groups is 1. The maximum absolute atomic E-state index is 14.4. The largest absolute Gasteiger partial charge is 0.497 e. The van der Waals surface area contributed by atoms with Crippen molar-refractivity contribution in [3.8, 4) is 16.9 Å². The van der Waals surface area contributed by atoms with Gasteiger partial charge in [-0.3, -0.25) is 4.79 Å². The fourth-order valence-corrected chi connectivity index (χ4v) is 7.79. The van der Waals surface area contributed by atoms with Crippen molar-refractivity contribution in [2.75, 3.05) is 7.11 Å². The monoisotopic (exact) mass is 609 g/mol. The predicted molar refractivity (Wildman–Crippen MR) is 171 cm³/mol. The van der Waals surface area contributed by atoms with Crippen LogP contribution in [-0.2, 0) is 21.4 Å². The fourth-order valence-electron chi connectivity index (χ4n) is 4.84. The Bertz CT molecular complexity index is 1730. The van der Waals surface area contributed by atoms with Gasteiger partial charge in [0.15, 0.2) is 0 Å². The lowest BCUT2D eigenvalue weighted by Gasteiger charge is -2.34. The summed E-state index contributed by atoms with van der Waals surface area (Å²) in [7, 11) is -2.68. The van der Waals surface area contributed by atoms with Crippen molar-refractivity contribution in [3.05, 3.63) is 151 Å². The van der Waals surface area contributed by atoms with Crippen LogP contribution in [0.15, 0.2) is 149 Å². The zero-order valence-electron chi connectivity index (χ0n) is 23.5. The van der Waals surface area contributed by atoms with Gasteiger partial charge in [-0.25, -0.2) is 8.42 Å². The molecule has 0 radical (unpaired) electrons. The highest BCUT2D eigenvalue weighted by Gasteiger charge is 2.42. The van der Waals surface area contributed by atoms with Gasteiger partial charge in [0.25, 0.3) is 0 Å². The van der Waals surface area contributed by atoms with Crippen LogP contribution in [0.5, 0.6) is 5.75 Å². The summed E-state index contributed by atoms with van der Waals surface area (Å²) < 4.78 is 35.2. The van der Waals surface area contributed by atoms with Gasteiger partial charge in [-0.2, -0.15) is 4.31 Å². The SMILES string of the molecule is COc1ccc(-c2ccc(S(=O)(=O)N(Cc3ccccc3)[C@@H](C(=O)O)[C@H](Sc3ccccc3)c3ccccc3)cc2)cc1. The molecule has 0 heterocycles. The van der Waals surface area contributed by atoms with Gasteiger partial charge < -0.3 is 9.84 Å². The van der Waals surface area contributed by atoms with Gasteiger partial charge in [0.05, 0.1) is 17.3 Å². The number of carboxylic acid groups (broad SMARTS) is 1. The lowest BCUT2D eigenvalue weighted by molar-refractivity contribution is -0.141. The maximum atomic E-state index is 14.4. The number of carboxylic acids is 1. The van der Waals surface area contributed by atoms with Crippen LogP contribution in [0.2, 0.25) is 0 Å². The molecule has 5 aromatic carbocycles. The fraction of sp³-hybridized carbons (Fsp3) is 0.114. The van der Waals surface area contributed by atoms with Crippen molar-refractivity contribution in [3.63, 3.8) is 0 Å². The molecule has 0 spiro atoms. The molecule has 0 aliphatic carbocycles. The van der Waals surface area contributed by atoms with Crippen molar-refractivity contribution in [2.24, 2.45) is 0 Å². The van der Waals surface area contributed by atoms with Crippen LogP contribution in [0.25, 0.3) is 11.1 Å². The number of rotatable bonds is 12. The normalized spacial score (nSPS) is 12.9. The van der Waals surface area contributed by atoms with Gasteiger partial charge in [-0.1, -0.05) is 103 Å². The third kappa shape index (κ3) is 7.17. The summed E-state index contributed by atoms with van der Waals surface area (Å²) in [6, 6.07) is 40.3. The summed E-state index contributed by atoms with van der Waals surface area (Å²) in [6.45, 7) is -0.112. The Morgan fingerprint density at radius 1 is 0.744 bits per heavy atom. The molecule has 0 amide bonds. The van der Waals surface area contributed by atoms with Crippen LogP contribution in [0.3, 0.4) is 0 Å². The van der Waals surface area contributed by atoms with E-state index in [0.717, 1.165) is 26.1 Å². The molecule has 43 heavy (non-hydrogen) atoms. The number of hydrogen-bond acceptors (Lipinski definition) is 5. The van der Waals surface area contributed by atoms with Crippen LogP contribution in [0, 0.1) is 0 Å². The summed E-state index contributed by atoms with van der Waals surface area (Å²) >= 11 is 1.33. The molecule has 0 fully saturated rings. The molecule has 2 atom stereocenters. The van der Waals surface area contributed by atoms with E-state index in [1.807, 2.05) is 103 Å². The molecule has 6 nitrogen and oxygen atoms in total. The summed E-state index contributed by atoms with van der Waals surface area (Å²) in [4.78, 5) is 14.0. The minimum absolute atomic E-state index is 0.0171. The molecule has 0 aromatic heterocycles. The van der Waals surface area contributed by atoms with Gasteiger partial charge in [0, 0.05) is 11.4 Å². The first kappa shape index (κ1) is 30.1. The van der Waals surface area contributed by atoms with Crippen molar-refractivity contribution in [1.82, 2.24) is 4.31 Å². The van der Waals surface area contributed by atoms with E-state index in [-0.39, 0.29) is 11.4 Å². The molecule has 0 saturated heterocycles. The van der Waals surface area contributed by atoms with E-state index in [1.165, 1.54) is 23.9 Å². The molecule has 0 bridgehead atoms. The van der Waals surface area contributed by atoms with E-state index in [0.29, 0.717) is 11.1 Å². The van der Waals surface area contributed by atoms with Crippen molar-refractivity contribution >= 4 is 27.8 Å². The number of aliphatic carboxylic acids is 1. The zero-order valence-corrected chi connectivity index (χ0v) is 25.1. The minimum atomic E-state index is -4.28. The van der Waals surface area contributed by atoms with Gasteiger partial charge in [-0.15, -0.1) is 11.8 Å². The van der Waals surface area contributed by atoms with Crippen molar-refractivity contribution in [2.45, 2.75) is 27.6 Å². The van der Waals surface area contributed by atoms with Crippen LogP contribution >= 0.6 is 11.8 Å². The molecule has 0 saturated carbocycles. The van der Waals surface area contributed by atoms with E-state index in [1.54, 1.807) is 31.4 Å². The minimum Gasteiger partial charge on any atom is -0.497 e. The number of hydrogen-bond donors (Lipinski definition) is 1. The first-order chi connectivity index (χ1) is 20.9.